The summed E-state index contributed by atoms with van der Waals surface area (Å²) in [6, 6.07) is 8.05. The Labute approximate surface area is 165 Å². The lowest BCUT2D eigenvalue weighted by molar-refractivity contribution is 0.0905. The minimum atomic E-state index is -0.493. The van der Waals surface area contributed by atoms with Crippen LogP contribution in [0.2, 0.25) is 0 Å². The highest BCUT2D eigenvalue weighted by molar-refractivity contribution is 9.10. The second-order valence-corrected chi connectivity index (χ2v) is 8.62. The molecule has 1 heterocycles. The molecule has 7 heteroatoms. The number of amides is 1. The standard InChI is InChI=1S/C20H22BrN3O3/c1-11(16-9-12-2-3-13(16)8-12)22-20(27)19-17(25)10-18(26)24(23-19)15-6-4-14(21)5-7-15/h4-7,10-13,16,25H,2-3,8-9H2,1H3,(H,22,27). The van der Waals surface area contributed by atoms with Crippen molar-refractivity contribution in [1.29, 1.82) is 0 Å². The zero-order chi connectivity index (χ0) is 19.1. The Balaban J connectivity index is 1.57. The van der Waals surface area contributed by atoms with E-state index in [0.29, 0.717) is 17.5 Å². The molecule has 0 radical (unpaired) electrons. The lowest BCUT2D eigenvalue weighted by Crippen LogP contribution is -2.41. The summed E-state index contributed by atoms with van der Waals surface area (Å²) in [6.45, 7) is 2.02. The van der Waals surface area contributed by atoms with E-state index >= 15 is 0 Å². The van der Waals surface area contributed by atoms with E-state index in [1.807, 2.05) is 6.92 Å². The Bertz CT molecular complexity index is 925. The van der Waals surface area contributed by atoms with Crippen molar-refractivity contribution in [1.82, 2.24) is 15.1 Å². The summed E-state index contributed by atoms with van der Waals surface area (Å²) in [7, 11) is 0. The van der Waals surface area contributed by atoms with Crippen molar-refractivity contribution in [2.75, 3.05) is 0 Å². The molecule has 0 aliphatic heterocycles. The maximum Gasteiger partial charge on any atom is 0.275 e. The lowest BCUT2D eigenvalue weighted by Gasteiger charge is -2.28. The van der Waals surface area contributed by atoms with E-state index in [1.54, 1.807) is 24.3 Å². The van der Waals surface area contributed by atoms with Gasteiger partial charge < -0.3 is 10.4 Å². The van der Waals surface area contributed by atoms with Crippen LogP contribution in [0.4, 0.5) is 0 Å². The smallest absolute Gasteiger partial charge is 0.275 e. The molecular weight excluding hydrogens is 410 g/mol. The van der Waals surface area contributed by atoms with Crippen LogP contribution in [0.3, 0.4) is 0 Å². The molecule has 4 rings (SSSR count). The van der Waals surface area contributed by atoms with Crippen LogP contribution < -0.4 is 10.9 Å². The summed E-state index contributed by atoms with van der Waals surface area (Å²) < 4.78 is 2.00. The number of aromatic hydroxyl groups is 1. The van der Waals surface area contributed by atoms with Gasteiger partial charge in [-0.1, -0.05) is 22.4 Å². The predicted molar refractivity (Wildman–Crippen MR) is 105 cm³/mol. The Morgan fingerprint density at radius 2 is 2.04 bits per heavy atom. The van der Waals surface area contributed by atoms with Gasteiger partial charge in [-0.2, -0.15) is 9.78 Å². The van der Waals surface area contributed by atoms with E-state index in [-0.39, 0.29) is 11.7 Å². The molecule has 2 aliphatic carbocycles. The van der Waals surface area contributed by atoms with E-state index in [2.05, 4.69) is 26.3 Å². The van der Waals surface area contributed by atoms with Crippen molar-refractivity contribution in [3.63, 3.8) is 0 Å². The summed E-state index contributed by atoms with van der Waals surface area (Å²) in [5.74, 6) is 1.11. The maximum absolute atomic E-state index is 12.7. The summed E-state index contributed by atoms with van der Waals surface area (Å²) >= 11 is 3.35. The van der Waals surface area contributed by atoms with Crippen molar-refractivity contribution in [3.8, 4) is 11.4 Å². The van der Waals surface area contributed by atoms with Gasteiger partial charge in [0, 0.05) is 16.6 Å². The van der Waals surface area contributed by atoms with Gasteiger partial charge in [-0.3, -0.25) is 9.59 Å². The number of carbonyl (C=O) groups is 1. The van der Waals surface area contributed by atoms with Crippen molar-refractivity contribution in [2.24, 2.45) is 17.8 Å². The van der Waals surface area contributed by atoms with E-state index in [1.165, 1.54) is 19.3 Å². The molecule has 2 aromatic rings. The van der Waals surface area contributed by atoms with Gasteiger partial charge in [-0.05, 0) is 68.2 Å². The molecule has 2 fully saturated rings. The highest BCUT2D eigenvalue weighted by atomic mass is 79.9. The fourth-order valence-electron chi connectivity index (χ4n) is 4.66. The van der Waals surface area contributed by atoms with Crippen molar-refractivity contribution < 1.29 is 9.90 Å². The Kier molecular flexibility index (Phi) is 4.80. The third-order valence-corrected chi connectivity index (χ3v) is 6.52. The van der Waals surface area contributed by atoms with Gasteiger partial charge in [0.1, 0.15) is 0 Å². The molecule has 1 aromatic carbocycles. The first-order chi connectivity index (χ1) is 12.9. The summed E-state index contributed by atoms with van der Waals surface area (Å²) in [5, 5.41) is 17.2. The molecule has 2 saturated carbocycles. The number of hydrogen-bond donors (Lipinski definition) is 2. The topological polar surface area (TPSA) is 84.2 Å². The fraction of sp³-hybridized carbons (Fsp3) is 0.450. The summed E-state index contributed by atoms with van der Waals surface area (Å²) in [5.41, 5.74) is -0.0987. The molecule has 4 atom stereocenters. The van der Waals surface area contributed by atoms with Crippen LogP contribution in [-0.2, 0) is 0 Å². The highest BCUT2D eigenvalue weighted by Gasteiger charge is 2.42. The second-order valence-electron chi connectivity index (χ2n) is 7.71. The van der Waals surface area contributed by atoms with Gasteiger partial charge >= 0.3 is 0 Å². The monoisotopic (exact) mass is 431 g/mol. The molecule has 1 aromatic heterocycles. The number of hydrogen-bond acceptors (Lipinski definition) is 4. The van der Waals surface area contributed by atoms with Crippen LogP contribution in [-0.4, -0.2) is 26.8 Å². The quantitative estimate of drug-likeness (QED) is 0.777. The number of nitrogens with one attached hydrogen (secondary N) is 1. The third kappa shape index (κ3) is 3.52. The molecular formula is C20H22BrN3O3. The number of benzene rings is 1. The zero-order valence-corrected chi connectivity index (χ0v) is 16.6. The molecule has 2 bridgehead atoms. The van der Waals surface area contributed by atoms with Gasteiger partial charge in [0.2, 0.25) is 0 Å². The molecule has 4 unspecified atom stereocenters. The average Bonchev–Trinajstić information content (AvgIpc) is 3.26. The largest absolute Gasteiger partial charge is 0.505 e. The number of halogens is 1. The lowest BCUT2D eigenvalue weighted by atomic mass is 9.84. The van der Waals surface area contributed by atoms with Gasteiger partial charge in [-0.15, -0.1) is 0 Å². The first-order valence-electron chi connectivity index (χ1n) is 9.32. The SMILES string of the molecule is CC(NC(=O)c1nn(-c2ccc(Br)cc2)c(=O)cc1O)C1CC2CCC1C2. The van der Waals surface area contributed by atoms with Crippen LogP contribution in [0.25, 0.3) is 5.69 Å². The molecule has 27 heavy (non-hydrogen) atoms. The predicted octanol–water partition coefficient (Wildman–Crippen LogP) is 3.26. The molecule has 142 valence electrons. The molecule has 0 saturated heterocycles. The first-order valence-corrected chi connectivity index (χ1v) is 10.1. The molecule has 2 aliphatic rings. The van der Waals surface area contributed by atoms with Gasteiger partial charge in [0.05, 0.1) is 5.69 Å². The minimum Gasteiger partial charge on any atom is -0.505 e. The van der Waals surface area contributed by atoms with Crippen LogP contribution >= 0.6 is 15.9 Å². The highest BCUT2D eigenvalue weighted by Crippen LogP contribution is 2.49. The van der Waals surface area contributed by atoms with Crippen molar-refractivity contribution >= 4 is 21.8 Å². The van der Waals surface area contributed by atoms with Crippen LogP contribution in [0, 0.1) is 17.8 Å². The van der Waals surface area contributed by atoms with Crippen LogP contribution in [0.5, 0.6) is 5.75 Å². The maximum atomic E-state index is 12.7. The normalized spacial score (nSPS) is 24.7. The number of nitrogens with zero attached hydrogens (tertiary/aromatic N) is 2. The summed E-state index contributed by atoms with van der Waals surface area (Å²) in [4.78, 5) is 24.9. The molecule has 6 nitrogen and oxygen atoms in total. The Hall–Kier alpha value is -2.15. The second kappa shape index (κ2) is 7.11. The van der Waals surface area contributed by atoms with Crippen molar-refractivity contribution in [2.45, 2.75) is 38.6 Å². The third-order valence-electron chi connectivity index (χ3n) is 5.99. The van der Waals surface area contributed by atoms with Crippen molar-refractivity contribution in [3.05, 3.63) is 50.9 Å². The van der Waals surface area contributed by atoms with E-state index in [9.17, 15) is 14.7 Å². The van der Waals surface area contributed by atoms with Gasteiger partial charge in [0.15, 0.2) is 11.4 Å². The first kappa shape index (κ1) is 18.2. The molecule has 2 N–H and O–H groups in total. The number of fused-ring (bicyclic) bond motifs is 2. The Morgan fingerprint density at radius 3 is 2.67 bits per heavy atom. The van der Waals surface area contributed by atoms with Crippen LogP contribution in [0.1, 0.15) is 43.1 Å². The molecule has 1 amide bonds. The minimum absolute atomic E-state index is 0.0158. The van der Waals surface area contributed by atoms with E-state index in [0.717, 1.165) is 27.6 Å². The zero-order valence-electron chi connectivity index (χ0n) is 15.1. The number of aromatic nitrogens is 2. The number of carbonyl (C=O) groups excluding carboxylic acids is 1. The number of rotatable bonds is 4. The average molecular weight is 432 g/mol. The molecule has 0 spiro atoms. The van der Waals surface area contributed by atoms with Gasteiger partial charge in [0.25, 0.3) is 11.5 Å². The van der Waals surface area contributed by atoms with E-state index < -0.39 is 17.2 Å². The van der Waals surface area contributed by atoms with E-state index in [4.69, 9.17) is 0 Å². The fourth-order valence-corrected chi connectivity index (χ4v) is 4.93. The van der Waals surface area contributed by atoms with Gasteiger partial charge in [-0.25, -0.2) is 0 Å². The van der Waals surface area contributed by atoms with Crippen LogP contribution in [0.15, 0.2) is 39.6 Å². The Morgan fingerprint density at radius 1 is 1.30 bits per heavy atom. The summed E-state index contributed by atoms with van der Waals surface area (Å²) in [6.07, 6.45) is 4.97.